The van der Waals surface area contributed by atoms with Gasteiger partial charge in [-0.2, -0.15) is 0 Å². The Labute approximate surface area is 109 Å². The van der Waals surface area contributed by atoms with Gasteiger partial charge in [0.1, 0.15) is 5.82 Å². The van der Waals surface area contributed by atoms with Crippen molar-refractivity contribution in [2.24, 2.45) is 4.99 Å². The Hall–Kier alpha value is -2.36. The van der Waals surface area contributed by atoms with Gasteiger partial charge >= 0.3 is 0 Å². The van der Waals surface area contributed by atoms with E-state index in [1.807, 2.05) is 18.2 Å². The summed E-state index contributed by atoms with van der Waals surface area (Å²) in [5.41, 5.74) is 3.76. The molecule has 2 aromatic carbocycles. The van der Waals surface area contributed by atoms with E-state index < -0.39 is 0 Å². The van der Waals surface area contributed by atoms with Crippen LogP contribution < -0.4 is 9.47 Å². The Balaban J connectivity index is 1.79. The van der Waals surface area contributed by atoms with Crippen LogP contribution >= 0.6 is 0 Å². The molecule has 2 aliphatic heterocycles. The fourth-order valence-corrected chi connectivity index (χ4v) is 2.46. The van der Waals surface area contributed by atoms with Crippen LogP contribution in [0.4, 0.5) is 4.39 Å². The minimum Gasteiger partial charge on any atom is -0.454 e. The molecule has 0 saturated carbocycles. The van der Waals surface area contributed by atoms with Gasteiger partial charge in [0, 0.05) is 11.1 Å². The third kappa shape index (κ3) is 1.60. The molecule has 0 atom stereocenters. The smallest absolute Gasteiger partial charge is 0.231 e. The van der Waals surface area contributed by atoms with Gasteiger partial charge < -0.3 is 9.47 Å². The standard InChI is InChI=1S/C15H10FNO2/c16-11-2-3-12-10(5-11)7-17-15(12)9-1-4-13-14(6-9)19-8-18-13/h1-6H,7-8H2. The Morgan fingerprint density at radius 3 is 2.84 bits per heavy atom. The molecule has 0 aromatic heterocycles. The molecule has 2 aromatic rings. The van der Waals surface area contributed by atoms with Crippen LogP contribution in [0.5, 0.6) is 11.5 Å². The number of rotatable bonds is 1. The van der Waals surface area contributed by atoms with Crippen LogP contribution in [0.2, 0.25) is 0 Å². The van der Waals surface area contributed by atoms with E-state index in [0.29, 0.717) is 6.54 Å². The molecule has 0 fully saturated rings. The normalized spacial score (nSPS) is 15.3. The van der Waals surface area contributed by atoms with E-state index >= 15 is 0 Å². The van der Waals surface area contributed by atoms with E-state index in [-0.39, 0.29) is 12.6 Å². The van der Waals surface area contributed by atoms with Gasteiger partial charge in [0.2, 0.25) is 6.79 Å². The van der Waals surface area contributed by atoms with E-state index in [1.165, 1.54) is 6.07 Å². The first-order valence-corrected chi connectivity index (χ1v) is 6.04. The molecule has 94 valence electrons. The summed E-state index contributed by atoms with van der Waals surface area (Å²) in [6.07, 6.45) is 0. The lowest BCUT2D eigenvalue weighted by molar-refractivity contribution is 0.174. The van der Waals surface area contributed by atoms with Crippen molar-refractivity contribution in [3.05, 3.63) is 58.9 Å². The highest BCUT2D eigenvalue weighted by atomic mass is 19.1. The van der Waals surface area contributed by atoms with Crippen molar-refractivity contribution in [1.29, 1.82) is 0 Å². The molecule has 0 spiro atoms. The number of hydrogen-bond acceptors (Lipinski definition) is 3. The quantitative estimate of drug-likeness (QED) is 0.784. The van der Waals surface area contributed by atoms with Crippen LogP contribution in [-0.4, -0.2) is 12.5 Å². The maximum absolute atomic E-state index is 13.2. The van der Waals surface area contributed by atoms with Gasteiger partial charge in [-0.15, -0.1) is 0 Å². The number of fused-ring (bicyclic) bond motifs is 2. The molecule has 4 rings (SSSR count). The number of halogens is 1. The average Bonchev–Trinajstić information content (AvgIpc) is 3.02. The molecule has 0 radical (unpaired) electrons. The lowest BCUT2D eigenvalue weighted by atomic mass is 10.00. The van der Waals surface area contributed by atoms with Crippen LogP contribution in [0.15, 0.2) is 41.4 Å². The fourth-order valence-electron chi connectivity index (χ4n) is 2.46. The Bertz CT molecular complexity index is 709. The minimum absolute atomic E-state index is 0.221. The van der Waals surface area contributed by atoms with Gasteiger partial charge in [0.25, 0.3) is 0 Å². The number of nitrogens with zero attached hydrogens (tertiary/aromatic N) is 1. The summed E-state index contributed by atoms with van der Waals surface area (Å²) >= 11 is 0. The Kier molecular flexibility index (Phi) is 2.12. The second-order valence-corrected chi connectivity index (χ2v) is 4.53. The molecule has 0 bridgehead atoms. The lowest BCUT2D eigenvalue weighted by Gasteiger charge is -2.05. The third-order valence-corrected chi connectivity index (χ3v) is 3.38. The van der Waals surface area contributed by atoms with E-state index in [2.05, 4.69) is 4.99 Å². The summed E-state index contributed by atoms with van der Waals surface area (Å²) < 4.78 is 23.8. The highest BCUT2D eigenvalue weighted by molar-refractivity contribution is 6.15. The summed E-state index contributed by atoms with van der Waals surface area (Å²) in [6, 6.07) is 10.5. The summed E-state index contributed by atoms with van der Waals surface area (Å²) in [7, 11) is 0. The van der Waals surface area contributed by atoms with Gasteiger partial charge in [-0.1, -0.05) is 0 Å². The van der Waals surface area contributed by atoms with Crippen LogP contribution in [-0.2, 0) is 6.54 Å². The SMILES string of the molecule is Fc1ccc2c(c1)CN=C2c1ccc2c(c1)OCO2. The molecule has 3 nitrogen and oxygen atoms in total. The van der Waals surface area contributed by atoms with Crippen LogP contribution in [0.3, 0.4) is 0 Å². The number of ether oxygens (including phenoxy) is 2. The summed E-state index contributed by atoms with van der Waals surface area (Å²) in [6.45, 7) is 0.782. The molecule has 0 amide bonds. The second kappa shape index (κ2) is 3.82. The van der Waals surface area contributed by atoms with E-state index in [0.717, 1.165) is 33.9 Å². The first-order valence-electron chi connectivity index (χ1n) is 6.04. The third-order valence-electron chi connectivity index (χ3n) is 3.38. The Morgan fingerprint density at radius 1 is 1.00 bits per heavy atom. The monoisotopic (exact) mass is 255 g/mol. The van der Waals surface area contributed by atoms with Crippen LogP contribution in [0.25, 0.3) is 0 Å². The summed E-state index contributed by atoms with van der Waals surface area (Å²) in [5.74, 6) is 1.26. The van der Waals surface area contributed by atoms with E-state index in [4.69, 9.17) is 9.47 Å². The predicted molar refractivity (Wildman–Crippen MR) is 68.3 cm³/mol. The van der Waals surface area contributed by atoms with Crippen molar-refractivity contribution < 1.29 is 13.9 Å². The zero-order valence-electron chi connectivity index (χ0n) is 10.0. The molecule has 2 aliphatic rings. The molecule has 4 heteroatoms. The molecular formula is C15H10FNO2. The van der Waals surface area contributed by atoms with Crippen molar-refractivity contribution in [1.82, 2.24) is 0 Å². The topological polar surface area (TPSA) is 30.8 Å². The number of hydrogen-bond donors (Lipinski definition) is 0. The maximum Gasteiger partial charge on any atom is 0.231 e. The van der Waals surface area contributed by atoms with Crippen LogP contribution in [0.1, 0.15) is 16.7 Å². The first-order chi connectivity index (χ1) is 9.31. The fraction of sp³-hybridized carbons (Fsp3) is 0.133. The van der Waals surface area contributed by atoms with E-state index in [9.17, 15) is 4.39 Å². The summed E-state index contributed by atoms with van der Waals surface area (Å²) in [4.78, 5) is 4.49. The predicted octanol–water partition coefficient (Wildman–Crippen LogP) is 2.91. The molecule has 0 unspecified atom stereocenters. The lowest BCUT2D eigenvalue weighted by Crippen LogP contribution is -2.01. The number of benzene rings is 2. The van der Waals surface area contributed by atoms with Gasteiger partial charge in [-0.25, -0.2) is 4.39 Å². The zero-order chi connectivity index (χ0) is 12.8. The molecule has 19 heavy (non-hydrogen) atoms. The van der Waals surface area contributed by atoms with Crippen molar-refractivity contribution >= 4 is 5.71 Å². The minimum atomic E-state index is -0.221. The highest BCUT2D eigenvalue weighted by Crippen LogP contribution is 2.34. The van der Waals surface area contributed by atoms with Crippen molar-refractivity contribution in [2.45, 2.75) is 6.54 Å². The molecule has 0 aliphatic carbocycles. The molecule has 2 heterocycles. The van der Waals surface area contributed by atoms with Crippen molar-refractivity contribution in [3.63, 3.8) is 0 Å². The van der Waals surface area contributed by atoms with E-state index in [1.54, 1.807) is 12.1 Å². The average molecular weight is 255 g/mol. The van der Waals surface area contributed by atoms with Crippen LogP contribution in [0, 0.1) is 5.82 Å². The Morgan fingerprint density at radius 2 is 1.89 bits per heavy atom. The largest absolute Gasteiger partial charge is 0.454 e. The molecule has 0 N–H and O–H groups in total. The highest BCUT2D eigenvalue weighted by Gasteiger charge is 2.20. The number of aliphatic imine (C=N–C) groups is 1. The molecule has 0 saturated heterocycles. The van der Waals surface area contributed by atoms with Gasteiger partial charge in [-0.3, -0.25) is 4.99 Å². The van der Waals surface area contributed by atoms with Gasteiger partial charge in [0.15, 0.2) is 11.5 Å². The van der Waals surface area contributed by atoms with Gasteiger partial charge in [-0.05, 0) is 42.0 Å². The van der Waals surface area contributed by atoms with Gasteiger partial charge in [0.05, 0.1) is 12.3 Å². The summed E-state index contributed by atoms with van der Waals surface area (Å²) in [5, 5.41) is 0. The maximum atomic E-state index is 13.2. The first kappa shape index (κ1) is 10.6. The molecular weight excluding hydrogens is 245 g/mol. The van der Waals surface area contributed by atoms with Crippen molar-refractivity contribution in [2.75, 3.05) is 6.79 Å². The van der Waals surface area contributed by atoms with Crippen molar-refractivity contribution in [3.8, 4) is 11.5 Å². The second-order valence-electron chi connectivity index (χ2n) is 4.53. The zero-order valence-corrected chi connectivity index (χ0v) is 10.0.